The molecule has 1 aromatic carbocycles. The Hall–Kier alpha value is -2.50. The Morgan fingerprint density at radius 2 is 1.89 bits per heavy atom. The number of aryl methyl sites for hydroxylation is 2. The monoisotopic (exact) mass is 244 g/mol. The van der Waals surface area contributed by atoms with Crippen molar-refractivity contribution in [3.8, 4) is 11.3 Å². The molecular formula is C12H12N4O2. The van der Waals surface area contributed by atoms with Crippen LogP contribution in [0.2, 0.25) is 0 Å². The lowest BCUT2D eigenvalue weighted by atomic mass is 10.1. The molecule has 0 saturated carbocycles. The Morgan fingerprint density at radius 3 is 2.56 bits per heavy atom. The van der Waals surface area contributed by atoms with E-state index in [1.165, 1.54) is 12.1 Å². The van der Waals surface area contributed by atoms with E-state index in [-0.39, 0.29) is 11.5 Å². The van der Waals surface area contributed by atoms with E-state index < -0.39 is 4.92 Å². The fourth-order valence-corrected chi connectivity index (χ4v) is 1.60. The maximum Gasteiger partial charge on any atom is 0.270 e. The molecule has 6 heteroatoms. The molecule has 18 heavy (non-hydrogen) atoms. The fraction of sp³-hybridized carbons (Fsp3) is 0.167. The molecule has 0 radical (unpaired) electrons. The number of nitro groups is 1. The van der Waals surface area contributed by atoms with Gasteiger partial charge in [-0.2, -0.15) is 0 Å². The van der Waals surface area contributed by atoms with Gasteiger partial charge in [-0.1, -0.05) is 12.1 Å². The largest absolute Gasteiger partial charge is 0.382 e. The third-order valence-electron chi connectivity index (χ3n) is 2.66. The van der Waals surface area contributed by atoms with Crippen molar-refractivity contribution >= 4 is 11.5 Å². The van der Waals surface area contributed by atoms with Crippen LogP contribution in [-0.4, -0.2) is 14.9 Å². The summed E-state index contributed by atoms with van der Waals surface area (Å²) in [6.45, 7) is 3.64. The number of benzene rings is 1. The number of nitro benzene ring substituents is 1. The molecule has 1 heterocycles. The molecule has 0 aliphatic heterocycles. The third kappa shape index (κ3) is 2.13. The quantitative estimate of drug-likeness (QED) is 0.645. The highest BCUT2D eigenvalue weighted by Crippen LogP contribution is 2.26. The second kappa shape index (κ2) is 4.40. The van der Waals surface area contributed by atoms with E-state index in [0.29, 0.717) is 11.3 Å². The van der Waals surface area contributed by atoms with Crippen molar-refractivity contribution in [2.24, 2.45) is 0 Å². The summed E-state index contributed by atoms with van der Waals surface area (Å²) < 4.78 is 0. The minimum absolute atomic E-state index is 0.00641. The normalized spacial score (nSPS) is 10.3. The van der Waals surface area contributed by atoms with Crippen LogP contribution < -0.4 is 5.73 Å². The van der Waals surface area contributed by atoms with Crippen LogP contribution in [0.5, 0.6) is 0 Å². The molecule has 0 atom stereocenters. The Kier molecular flexibility index (Phi) is 2.93. The van der Waals surface area contributed by atoms with Crippen LogP contribution in [-0.2, 0) is 0 Å². The summed E-state index contributed by atoms with van der Waals surface area (Å²) in [5.74, 6) is 0.276. The lowest BCUT2D eigenvalue weighted by Gasteiger charge is -2.07. The highest BCUT2D eigenvalue weighted by atomic mass is 16.6. The van der Waals surface area contributed by atoms with Crippen LogP contribution in [0.3, 0.4) is 0 Å². The molecule has 0 saturated heterocycles. The zero-order chi connectivity index (χ0) is 13.3. The molecule has 0 bridgehead atoms. The number of nitrogens with zero attached hydrogens (tertiary/aromatic N) is 3. The molecule has 1 aromatic heterocycles. The number of hydrogen-bond acceptors (Lipinski definition) is 5. The molecule has 0 unspecified atom stereocenters. The van der Waals surface area contributed by atoms with Crippen LogP contribution in [0.25, 0.3) is 11.3 Å². The number of rotatable bonds is 2. The van der Waals surface area contributed by atoms with Crippen LogP contribution >= 0.6 is 0 Å². The highest BCUT2D eigenvalue weighted by Gasteiger charge is 2.12. The molecule has 0 aliphatic rings. The van der Waals surface area contributed by atoms with E-state index in [1.54, 1.807) is 12.1 Å². The lowest BCUT2D eigenvalue weighted by Crippen LogP contribution is -2.02. The van der Waals surface area contributed by atoms with Crippen molar-refractivity contribution in [3.05, 3.63) is 45.8 Å². The molecule has 0 amide bonds. The Bertz CT molecular complexity index is 625. The second-order valence-electron chi connectivity index (χ2n) is 3.94. The lowest BCUT2D eigenvalue weighted by molar-refractivity contribution is -0.384. The molecular weight excluding hydrogens is 232 g/mol. The number of non-ortho nitro benzene ring substituents is 1. The van der Waals surface area contributed by atoms with Crippen molar-refractivity contribution in [2.45, 2.75) is 13.8 Å². The summed E-state index contributed by atoms with van der Waals surface area (Å²) in [6, 6.07) is 6.19. The van der Waals surface area contributed by atoms with Crippen molar-refractivity contribution in [1.82, 2.24) is 9.97 Å². The number of aromatic nitrogens is 2. The van der Waals surface area contributed by atoms with E-state index in [0.717, 1.165) is 11.4 Å². The number of nitrogens with two attached hydrogens (primary N) is 1. The molecule has 2 rings (SSSR count). The summed E-state index contributed by atoms with van der Waals surface area (Å²) >= 11 is 0. The predicted molar refractivity (Wildman–Crippen MR) is 68.0 cm³/mol. The van der Waals surface area contributed by atoms with Gasteiger partial charge in [-0.3, -0.25) is 10.1 Å². The van der Waals surface area contributed by atoms with Crippen LogP contribution in [0, 0.1) is 24.0 Å². The maximum atomic E-state index is 10.7. The molecule has 2 N–H and O–H groups in total. The van der Waals surface area contributed by atoms with Gasteiger partial charge in [0, 0.05) is 17.7 Å². The summed E-state index contributed by atoms with van der Waals surface area (Å²) in [5.41, 5.74) is 8.39. The Morgan fingerprint density at radius 1 is 1.22 bits per heavy atom. The molecule has 0 fully saturated rings. The second-order valence-corrected chi connectivity index (χ2v) is 3.94. The number of nitrogen functional groups attached to an aromatic ring is 1. The minimum Gasteiger partial charge on any atom is -0.382 e. The van der Waals surface area contributed by atoms with Gasteiger partial charge in [0.2, 0.25) is 0 Å². The van der Waals surface area contributed by atoms with Gasteiger partial charge in [-0.05, 0) is 13.8 Å². The van der Waals surface area contributed by atoms with Crippen molar-refractivity contribution in [3.63, 3.8) is 0 Å². The number of anilines is 1. The average molecular weight is 244 g/mol. The van der Waals surface area contributed by atoms with Crippen molar-refractivity contribution in [1.29, 1.82) is 0 Å². The van der Waals surface area contributed by atoms with E-state index in [4.69, 9.17) is 5.73 Å². The topological polar surface area (TPSA) is 94.9 Å². The Labute approximate surface area is 104 Å². The predicted octanol–water partition coefficient (Wildman–Crippen LogP) is 2.25. The van der Waals surface area contributed by atoms with Gasteiger partial charge < -0.3 is 5.73 Å². The molecule has 0 aliphatic carbocycles. The molecule has 2 aromatic rings. The van der Waals surface area contributed by atoms with E-state index in [9.17, 15) is 10.1 Å². The van der Waals surface area contributed by atoms with Gasteiger partial charge in [0.15, 0.2) is 0 Å². The standard InChI is InChI=1S/C12H12N4O2/c1-7-8(2)15-12(13)11(14-7)9-4-3-5-10(6-9)16(17)18/h3-6H,1-2H3,(H2,13,15). The highest BCUT2D eigenvalue weighted by molar-refractivity contribution is 5.71. The molecule has 6 nitrogen and oxygen atoms in total. The van der Waals surface area contributed by atoms with Crippen molar-refractivity contribution < 1.29 is 4.92 Å². The smallest absolute Gasteiger partial charge is 0.270 e. The molecule has 0 spiro atoms. The van der Waals surface area contributed by atoms with E-state index in [1.807, 2.05) is 13.8 Å². The fourth-order valence-electron chi connectivity index (χ4n) is 1.60. The van der Waals surface area contributed by atoms with Crippen molar-refractivity contribution in [2.75, 3.05) is 5.73 Å². The van der Waals surface area contributed by atoms with Crippen LogP contribution in [0.4, 0.5) is 11.5 Å². The first kappa shape index (κ1) is 12.0. The van der Waals surface area contributed by atoms with Gasteiger partial charge in [-0.25, -0.2) is 9.97 Å². The summed E-state index contributed by atoms with van der Waals surface area (Å²) in [4.78, 5) is 18.8. The van der Waals surface area contributed by atoms with Gasteiger partial charge in [0.05, 0.1) is 16.3 Å². The minimum atomic E-state index is -0.450. The Balaban J connectivity index is 2.58. The molecule has 92 valence electrons. The van der Waals surface area contributed by atoms with E-state index >= 15 is 0 Å². The first-order chi connectivity index (χ1) is 8.49. The zero-order valence-corrected chi connectivity index (χ0v) is 10.0. The van der Waals surface area contributed by atoms with Gasteiger partial charge >= 0.3 is 0 Å². The van der Waals surface area contributed by atoms with Crippen LogP contribution in [0.1, 0.15) is 11.4 Å². The van der Waals surface area contributed by atoms with Gasteiger partial charge in [0.1, 0.15) is 11.5 Å². The first-order valence-electron chi connectivity index (χ1n) is 5.34. The maximum absolute atomic E-state index is 10.7. The third-order valence-corrected chi connectivity index (χ3v) is 2.66. The summed E-state index contributed by atoms with van der Waals surface area (Å²) in [6.07, 6.45) is 0. The van der Waals surface area contributed by atoms with E-state index in [2.05, 4.69) is 9.97 Å². The summed E-state index contributed by atoms with van der Waals surface area (Å²) in [7, 11) is 0. The van der Waals surface area contributed by atoms with Gasteiger partial charge in [-0.15, -0.1) is 0 Å². The SMILES string of the molecule is Cc1nc(N)c(-c2cccc([N+](=O)[O-])c2)nc1C. The first-order valence-corrected chi connectivity index (χ1v) is 5.34. The average Bonchev–Trinajstić information content (AvgIpc) is 2.34. The zero-order valence-electron chi connectivity index (χ0n) is 10.0. The van der Waals surface area contributed by atoms with Crippen LogP contribution in [0.15, 0.2) is 24.3 Å². The summed E-state index contributed by atoms with van der Waals surface area (Å²) in [5, 5.41) is 10.7. The number of hydrogen-bond donors (Lipinski definition) is 1. The van der Waals surface area contributed by atoms with Gasteiger partial charge in [0.25, 0.3) is 5.69 Å².